The van der Waals surface area contributed by atoms with Gasteiger partial charge in [0.05, 0.1) is 19.3 Å². The van der Waals surface area contributed by atoms with Crippen LogP contribution in [0.5, 0.6) is 17.4 Å². The number of ether oxygens (including phenoxy) is 4. The van der Waals surface area contributed by atoms with Crippen molar-refractivity contribution in [3.05, 3.63) is 54.1 Å². The third kappa shape index (κ3) is 6.36. The van der Waals surface area contributed by atoms with Crippen LogP contribution in [0.25, 0.3) is 11.3 Å². The second-order valence-corrected chi connectivity index (χ2v) is 9.00. The van der Waals surface area contributed by atoms with Crippen molar-refractivity contribution in [2.75, 3.05) is 50.2 Å². The molecule has 39 heavy (non-hydrogen) atoms. The van der Waals surface area contributed by atoms with Gasteiger partial charge in [-0.1, -0.05) is 18.2 Å². The first kappa shape index (κ1) is 26.2. The number of carbonyl (C=O) groups is 2. The molecule has 5 rings (SSSR count). The van der Waals surface area contributed by atoms with Gasteiger partial charge in [0.25, 0.3) is 5.91 Å². The molecule has 1 fully saturated rings. The summed E-state index contributed by atoms with van der Waals surface area (Å²) in [7, 11) is 1.57. The Morgan fingerprint density at radius 3 is 2.92 bits per heavy atom. The predicted octanol–water partition coefficient (Wildman–Crippen LogP) is 2.33. The van der Waals surface area contributed by atoms with Crippen LogP contribution in [-0.4, -0.2) is 68.0 Å². The molecule has 0 spiro atoms. The van der Waals surface area contributed by atoms with Crippen molar-refractivity contribution in [3.8, 4) is 28.6 Å². The van der Waals surface area contributed by atoms with Crippen LogP contribution in [0, 0.1) is 0 Å². The average Bonchev–Trinajstić information content (AvgIpc) is 3.33. The van der Waals surface area contributed by atoms with Gasteiger partial charge >= 0.3 is 6.09 Å². The number of hydrogen-bond donors (Lipinski definition) is 3. The Morgan fingerprint density at radius 2 is 2.08 bits per heavy atom. The lowest BCUT2D eigenvalue weighted by atomic mass is 10.1. The van der Waals surface area contributed by atoms with E-state index >= 15 is 0 Å². The zero-order valence-corrected chi connectivity index (χ0v) is 21.5. The lowest BCUT2D eigenvalue weighted by molar-refractivity contribution is -0.118. The van der Waals surface area contributed by atoms with Crippen molar-refractivity contribution >= 4 is 23.6 Å². The van der Waals surface area contributed by atoms with Crippen LogP contribution in [0.4, 0.5) is 16.4 Å². The average molecular weight is 535 g/mol. The highest BCUT2D eigenvalue weighted by atomic mass is 16.6. The molecular weight excluding hydrogens is 504 g/mol. The summed E-state index contributed by atoms with van der Waals surface area (Å²) in [6.45, 7) is 2.41. The molecule has 4 N–H and O–H groups in total. The summed E-state index contributed by atoms with van der Waals surface area (Å²) in [6, 6.07) is 15.0. The van der Waals surface area contributed by atoms with E-state index in [-0.39, 0.29) is 18.6 Å². The molecule has 2 aromatic heterocycles. The molecule has 204 valence electrons. The molecule has 0 saturated carbocycles. The minimum absolute atomic E-state index is 0.0534. The van der Waals surface area contributed by atoms with E-state index in [2.05, 4.69) is 26.7 Å². The number of aromatic nitrogens is 2. The number of nitrogens with zero attached hydrogens (tertiary/aromatic N) is 3. The molecule has 2 aliphatic rings. The SMILES string of the molecule is COc1cc(OCCN)cc(-c2cccc(CNCCC3CN(c4ccc5c(n4)NC(=O)CO5)C(=O)O3)c2)n1. The highest BCUT2D eigenvalue weighted by Crippen LogP contribution is 2.30. The number of rotatable bonds is 11. The molecule has 0 bridgehead atoms. The van der Waals surface area contributed by atoms with Crippen LogP contribution < -0.4 is 35.5 Å². The molecule has 1 atom stereocenters. The van der Waals surface area contributed by atoms with Crippen molar-refractivity contribution in [1.29, 1.82) is 0 Å². The highest BCUT2D eigenvalue weighted by molar-refractivity contribution is 5.95. The number of pyridine rings is 2. The Kier molecular flexibility index (Phi) is 8.04. The number of fused-ring (bicyclic) bond motifs is 1. The van der Waals surface area contributed by atoms with Crippen molar-refractivity contribution in [2.24, 2.45) is 5.73 Å². The van der Waals surface area contributed by atoms with Crippen LogP contribution in [0.1, 0.15) is 12.0 Å². The zero-order valence-electron chi connectivity index (χ0n) is 21.5. The van der Waals surface area contributed by atoms with E-state index in [1.165, 1.54) is 4.90 Å². The van der Waals surface area contributed by atoms with Crippen LogP contribution in [0.15, 0.2) is 48.5 Å². The normalized spacial score (nSPS) is 16.3. The van der Waals surface area contributed by atoms with Crippen LogP contribution in [0.2, 0.25) is 0 Å². The molecule has 12 heteroatoms. The lowest BCUT2D eigenvalue weighted by Crippen LogP contribution is -2.29. The first-order valence-corrected chi connectivity index (χ1v) is 12.6. The molecule has 3 aromatic rings. The van der Waals surface area contributed by atoms with Gasteiger partial charge in [0.2, 0.25) is 5.88 Å². The van der Waals surface area contributed by atoms with Gasteiger partial charge in [0.15, 0.2) is 18.2 Å². The van der Waals surface area contributed by atoms with Crippen molar-refractivity contribution in [3.63, 3.8) is 0 Å². The number of anilines is 2. The minimum Gasteiger partial charge on any atom is -0.492 e. The Balaban J connectivity index is 1.14. The maximum absolute atomic E-state index is 12.5. The number of amides is 2. The maximum Gasteiger partial charge on any atom is 0.415 e. The Morgan fingerprint density at radius 1 is 1.18 bits per heavy atom. The number of methoxy groups -OCH3 is 1. The molecule has 1 aromatic carbocycles. The van der Waals surface area contributed by atoms with Gasteiger partial charge in [-0.2, -0.15) is 0 Å². The van der Waals surface area contributed by atoms with Gasteiger partial charge in [-0.15, -0.1) is 0 Å². The van der Waals surface area contributed by atoms with Gasteiger partial charge in [0, 0.05) is 30.8 Å². The van der Waals surface area contributed by atoms with E-state index in [0.29, 0.717) is 68.2 Å². The molecule has 1 unspecified atom stereocenters. The van der Waals surface area contributed by atoms with E-state index in [9.17, 15) is 9.59 Å². The van der Waals surface area contributed by atoms with Crippen LogP contribution >= 0.6 is 0 Å². The minimum atomic E-state index is -0.469. The monoisotopic (exact) mass is 534 g/mol. The van der Waals surface area contributed by atoms with Crippen molar-refractivity contribution in [1.82, 2.24) is 15.3 Å². The van der Waals surface area contributed by atoms with E-state index in [0.717, 1.165) is 16.8 Å². The smallest absolute Gasteiger partial charge is 0.415 e. The van der Waals surface area contributed by atoms with Gasteiger partial charge in [-0.3, -0.25) is 9.69 Å². The number of nitrogens with two attached hydrogens (primary N) is 1. The molecule has 0 aliphatic carbocycles. The Labute approximate surface area is 225 Å². The topological polar surface area (TPSA) is 150 Å². The number of benzene rings is 1. The first-order chi connectivity index (χ1) is 19.0. The van der Waals surface area contributed by atoms with Crippen LogP contribution in [0.3, 0.4) is 0 Å². The summed E-state index contributed by atoms with van der Waals surface area (Å²) < 4.78 is 21.9. The van der Waals surface area contributed by atoms with Gasteiger partial charge in [-0.25, -0.2) is 14.8 Å². The summed E-state index contributed by atoms with van der Waals surface area (Å²) in [5.41, 5.74) is 8.31. The molecule has 2 amide bonds. The number of carbonyl (C=O) groups excluding carboxylic acids is 2. The third-order valence-electron chi connectivity index (χ3n) is 6.18. The summed E-state index contributed by atoms with van der Waals surface area (Å²) in [6.07, 6.45) is -0.122. The summed E-state index contributed by atoms with van der Waals surface area (Å²) in [5, 5.41) is 6.06. The fraction of sp³-hybridized carbons (Fsp3) is 0.333. The quantitative estimate of drug-likeness (QED) is 0.313. The van der Waals surface area contributed by atoms with Gasteiger partial charge in [0.1, 0.15) is 24.3 Å². The number of nitrogens with one attached hydrogen (secondary N) is 2. The molecule has 12 nitrogen and oxygen atoms in total. The number of cyclic esters (lactones) is 1. The van der Waals surface area contributed by atoms with E-state index in [1.54, 1.807) is 25.3 Å². The van der Waals surface area contributed by atoms with E-state index in [4.69, 9.17) is 24.7 Å². The Hall–Kier alpha value is -4.42. The fourth-order valence-electron chi connectivity index (χ4n) is 4.29. The fourth-order valence-corrected chi connectivity index (χ4v) is 4.29. The largest absolute Gasteiger partial charge is 0.492 e. The van der Waals surface area contributed by atoms with E-state index in [1.807, 2.05) is 24.3 Å². The van der Waals surface area contributed by atoms with Crippen molar-refractivity contribution < 1.29 is 28.5 Å². The molecule has 0 radical (unpaired) electrons. The molecule has 2 aliphatic heterocycles. The lowest BCUT2D eigenvalue weighted by Gasteiger charge is -2.19. The van der Waals surface area contributed by atoms with Gasteiger partial charge < -0.3 is 35.3 Å². The summed E-state index contributed by atoms with van der Waals surface area (Å²) in [5.74, 6) is 2.00. The van der Waals surface area contributed by atoms with E-state index < -0.39 is 6.09 Å². The molecular formula is C27H30N6O6. The second kappa shape index (κ2) is 12.0. The van der Waals surface area contributed by atoms with Gasteiger partial charge in [-0.05, 0) is 36.7 Å². The maximum atomic E-state index is 12.5. The highest BCUT2D eigenvalue weighted by Gasteiger charge is 2.33. The Bertz CT molecular complexity index is 1350. The van der Waals surface area contributed by atoms with Crippen molar-refractivity contribution in [2.45, 2.75) is 19.1 Å². The first-order valence-electron chi connectivity index (χ1n) is 12.6. The summed E-state index contributed by atoms with van der Waals surface area (Å²) in [4.78, 5) is 34.4. The second-order valence-electron chi connectivity index (χ2n) is 9.00. The molecule has 1 saturated heterocycles. The zero-order chi connectivity index (χ0) is 27.2. The summed E-state index contributed by atoms with van der Waals surface area (Å²) >= 11 is 0. The standard InChI is InChI=1S/C27H30N6O6/c1-36-25-13-20(37-10-8-28)12-21(30-25)18-4-2-3-17(11-18)14-29-9-7-19-15-33(27(35)39-19)23-6-5-22-26(31-23)32-24(34)16-38-22/h2-6,11-13,19,29H,7-10,14-16,28H2,1H3,(H,31,32,34). The number of hydrogen-bond acceptors (Lipinski definition) is 10. The molecule has 4 heterocycles. The predicted molar refractivity (Wildman–Crippen MR) is 143 cm³/mol. The third-order valence-corrected chi connectivity index (χ3v) is 6.18. The van der Waals surface area contributed by atoms with Crippen LogP contribution in [-0.2, 0) is 16.1 Å².